The summed E-state index contributed by atoms with van der Waals surface area (Å²) in [5, 5.41) is 12.0. The first-order valence-electron chi connectivity index (χ1n) is 9.78. The first-order valence-corrected chi connectivity index (χ1v) is 9.78. The van der Waals surface area contributed by atoms with Crippen molar-refractivity contribution in [1.82, 2.24) is 24.6 Å². The van der Waals surface area contributed by atoms with Gasteiger partial charge >= 0.3 is 6.03 Å². The number of likely N-dealkylation sites (tertiary alicyclic amines) is 1. The van der Waals surface area contributed by atoms with Gasteiger partial charge < -0.3 is 19.7 Å². The Hall–Kier alpha value is -2.41. The molecule has 0 saturated carbocycles. The third kappa shape index (κ3) is 3.56. The van der Waals surface area contributed by atoms with Crippen LogP contribution in [-0.4, -0.2) is 57.3 Å². The zero-order valence-electron chi connectivity index (χ0n) is 16.4. The van der Waals surface area contributed by atoms with Crippen LogP contribution in [0.5, 0.6) is 0 Å². The number of hydrogen-bond donors (Lipinski definition) is 1. The molecule has 0 aliphatic carbocycles. The Balaban J connectivity index is 1.55. The number of fused-ring (bicyclic) bond motifs is 1. The lowest BCUT2D eigenvalue weighted by atomic mass is 10.1. The van der Waals surface area contributed by atoms with Crippen LogP contribution in [0.15, 0.2) is 18.2 Å². The molecule has 3 heterocycles. The maximum absolute atomic E-state index is 13.0. The average Bonchev–Trinajstić information content (AvgIpc) is 3.23. The minimum atomic E-state index is -0.0470. The average molecular weight is 368 g/mol. The van der Waals surface area contributed by atoms with Crippen LogP contribution in [0.4, 0.5) is 10.5 Å². The summed E-state index contributed by atoms with van der Waals surface area (Å²) in [7, 11) is 2.14. The Bertz CT molecular complexity index is 845. The van der Waals surface area contributed by atoms with Crippen LogP contribution in [-0.2, 0) is 13.0 Å². The van der Waals surface area contributed by atoms with E-state index in [2.05, 4.69) is 38.1 Å². The molecule has 4 rings (SSSR count). The standard InChI is InChI=1S/C20H28N6O/c1-14-6-7-15(2)16(13-14)21-20(27)25-9-4-5-17(25)19-23-22-18-8-10-24(3)11-12-26(18)19/h6-7,13,17H,4-5,8-12H2,1-3H3,(H,21,27). The highest BCUT2D eigenvalue weighted by atomic mass is 16.2. The number of nitrogens with one attached hydrogen (secondary N) is 1. The summed E-state index contributed by atoms with van der Waals surface area (Å²) in [4.78, 5) is 17.3. The van der Waals surface area contributed by atoms with E-state index in [0.717, 1.165) is 73.9 Å². The summed E-state index contributed by atoms with van der Waals surface area (Å²) < 4.78 is 2.23. The van der Waals surface area contributed by atoms with Gasteiger partial charge in [0.05, 0.1) is 6.04 Å². The lowest BCUT2D eigenvalue weighted by Gasteiger charge is -2.25. The van der Waals surface area contributed by atoms with Crippen molar-refractivity contribution in [3.63, 3.8) is 0 Å². The highest BCUT2D eigenvalue weighted by molar-refractivity contribution is 5.90. The maximum Gasteiger partial charge on any atom is 0.322 e. The third-order valence-electron chi connectivity index (χ3n) is 5.72. The molecular weight excluding hydrogens is 340 g/mol. The van der Waals surface area contributed by atoms with Crippen molar-refractivity contribution in [2.75, 3.05) is 32.0 Å². The fraction of sp³-hybridized carbons (Fsp3) is 0.550. The predicted molar refractivity (Wildman–Crippen MR) is 105 cm³/mol. The summed E-state index contributed by atoms with van der Waals surface area (Å²) in [6.45, 7) is 7.68. The van der Waals surface area contributed by atoms with Crippen molar-refractivity contribution in [1.29, 1.82) is 0 Å². The van der Waals surface area contributed by atoms with Gasteiger partial charge in [0.15, 0.2) is 5.82 Å². The maximum atomic E-state index is 13.0. The summed E-state index contributed by atoms with van der Waals surface area (Å²) in [5.74, 6) is 1.98. The molecule has 0 spiro atoms. The van der Waals surface area contributed by atoms with Crippen LogP contribution in [0.25, 0.3) is 0 Å². The van der Waals surface area contributed by atoms with Crippen LogP contribution in [0.3, 0.4) is 0 Å². The van der Waals surface area contributed by atoms with E-state index in [4.69, 9.17) is 0 Å². The Morgan fingerprint density at radius 3 is 2.85 bits per heavy atom. The molecule has 144 valence electrons. The molecular formula is C20H28N6O. The van der Waals surface area contributed by atoms with Crippen LogP contribution >= 0.6 is 0 Å². The number of urea groups is 1. The summed E-state index contributed by atoms with van der Waals surface area (Å²) in [5.41, 5.74) is 3.09. The van der Waals surface area contributed by atoms with Gasteiger partial charge in [-0.2, -0.15) is 0 Å². The molecule has 2 aromatic rings. The number of anilines is 1. The lowest BCUT2D eigenvalue weighted by molar-refractivity contribution is 0.203. The molecule has 0 radical (unpaired) electrons. The van der Waals surface area contributed by atoms with Gasteiger partial charge in [0.1, 0.15) is 5.82 Å². The van der Waals surface area contributed by atoms with Crippen LogP contribution in [0.1, 0.15) is 41.7 Å². The molecule has 1 aromatic carbocycles. The largest absolute Gasteiger partial charge is 0.322 e. The van der Waals surface area contributed by atoms with Crippen LogP contribution in [0, 0.1) is 13.8 Å². The minimum Gasteiger partial charge on any atom is -0.314 e. The topological polar surface area (TPSA) is 66.3 Å². The SMILES string of the molecule is Cc1ccc(C)c(NC(=O)N2CCCC2c2nnc3n2CCN(C)CC3)c1. The van der Waals surface area contributed by atoms with E-state index in [1.165, 1.54) is 0 Å². The zero-order chi connectivity index (χ0) is 19.0. The second kappa shape index (κ2) is 7.31. The molecule has 2 amide bonds. The lowest BCUT2D eigenvalue weighted by Crippen LogP contribution is -2.36. The van der Waals surface area contributed by atoms with E-state index in [9.17, 15) is 4.79 Å². The van der Waals surface area contributed by atoms with E-state index in [1.54, 1.807) is 0 Å². The number of rotatable bonds is 2. The van der Waals surface area contributed by atoms with Gasteiger partial charge in [-0.3, -0.25) is 0 Å². The smallest absolute Gasteiger partial charge is 0.314 e. The van der Waals surface area contributed by atoms with Crippen LogP contribution < -0.4 is 5.32 Å². The fourth-order valence-corrected chi connectivity index (χ4v) is 4.03. The van der Waals surface area contributed by atoms with Crippen molar-refractivity contribution in [2.24, 2.45) is 0 Å². The fourth-order valence-electron chi connectivity index (χ4n) is 4.03. The molecule has 7 heteroatoms. The summed E-state index contributed by atoms with van der Waals surface area (Å²) in [6, 6.07) is 6.08. The molecule has 2 aliphatic heterocycles. The Labute approximate surface area is 160 Å². The highest BCUT2D eigenvalue weighted by Crippen LogP contribution is 2.32. The second-order valence-electron chi connectivity index (χ2n) is 7.78. The Kier molecular flexibility index (Phi) is 4.86. The highest BCUT2D eigenvalue weighted by Gasteiger charge is 2.34. The van der Waals surface area contributed by atoms with Crippen molar-refractivity contribution >= 4 is 11.7 Å². The monoisotopic (exact) mass is 368 g/mol. The van der Waals surface area contributed by atoms with Crippen molar-refractivity contribution in [2.45, 2.75) is 45.7 Å². The number of likely N-dealkylation sites (N-methyl/N-ethyl adjacent to an activating group) is 1. The number of nitrogens with zero attached hydrogens (tertiary/aromatic N) is 5. The molecule has 27 heavy (non-hydrogen) atoms. The summed E-state index contributed by atoms with van der Waals surface area (Å²) >= 11 is 0. The Morgan fingerprint density at radius 2 is 2.00 bits per heavy atom. The van der Waals surface area contributed by atoms with Gasteiger partial charge in [0, 0.05) is 38.3 Å². The molecule has 2 aliphatic rings. The second-order valence-corrected chi connectivity index (χ2v) is 7.78. The number of hydrogen-bond acceptors (Lipinski definition) is 4. The first-order chi connectivity index (χ1) is 13.0. The molecule has 1 fully saturated rings. The van der Waals surface area contributed by atoms with Gasteiger partial charge in [-0.25, -0.2) is 4.79 Å². The molecule has 1 unspecified atom stereocenters. The zero-order valence-corrected chi connectivity index (χ0v) is 16.4. The normalized spacial score (nSPS) is 20.4. The van der Waals surface area contributed by atoms with Crippen molar-refractivity contribution in [3.8, 4) is 0 Å². The molecule has 0 bridgehead atoms. The van der Waals surface area contributed by atoms with E-state index in [1.807, 2.05) is 30.9 Å². The van der Waals surface area contributed by atoms with Gasteiger partial charge in [0.2, 0.25) is 0 Å². The molecule has 1 N–H and O–H groups in total. The molecule has 1 aromatic heterocycles. The van der Waals surface area contributed by atoms with Crippen molar-refractivity contribution < 1.29 is 4.79 Å². The van der Waals surface area contributed by atoms with Crippen LogP contribution in [0.2, 0.25) is 0 Å². The van der Waals surface area contributed by atoms with Gasteiger partial charge in [-0.15, -0.1) is 10.2 Å². The number of carbonyl (C=O) groups is 1. The predicted octanol–water partition coefficient (Wildman–Crippen LogP) is 2.75. The minimum absolute atomic E-state index is 0.000212. The quantitative estimate of drug-likeness (QED) is 0.885. The third-order valence-corrected chi connectivity index (χ3v) is 5.72. The number of aryl methyl sites for hydroxylation is 2. The summed E-state index contributed by atoms with van der Waals surface area (Å²) in [6.07, 6.45) is 2.84. The molecule has 1 atom stereocenters. The van der Waals surface area contributed by atoms with E-state index in [-0.39, 0.29) is 12.1 Å². The number of amides is 2. The Morgan fingerprint density at radius 1 is 1.15 bits per heavy atom. The molecule has 1 saturated heterocycles. The van der Waals surface area contributed by atoms with Gasteiger partial charge in [-0.1, -0.05) is 12.1 Å². The molecule has 7 nitrogen and oxygen atoms in total. The van der Waals surface area contributed by atoms with E-state index < -0.39 is 0 Å². The number of carbonyl (C=O) groups excluding carboxylic acids is 1. The first kappa shape index (κ1) is 18.0. The van der Waals surface area contributed by atoms with Gasteiger partial charge in [-0.05, 0) is 50.9 Å². The van der Waals surface area contributed by atoms with Gasteiger partial charge in [0.25, 0.3) is 0 Å². The number of benzene rings is 1. The van der Waals surface area contributed by atoms with Crippen molar-refractivity contribution in [3.05, 3.63) is 41.0 Å². The van der Waals surface area contributed by atoms with E-state index >= 15 is 0 Å². The van der Waals surface area contributed by atoms with E-state index in [0.29, 0.717) is 0 Å². The number of aromatic nitrogens is 3.